The van der Waals surface area contributed by atoms with Crippen molar-refractivity contribution < 1.29 is 14.3 Å². The first-order chi connectivity index (χ1) is 9.04. The van der Waals surface area contributed by atoms with Crippen LogP contribution in [-0.4, -0.2) is 36.8 Å². The lowest BCUT2D eigenvalue weighted by Gasteiger charge is -2.35. The molecule has 0 spiro atoms. The maximum absolute atomic E-state index is 11.8. The molecule has 1 aromatic heterocycles. The van der Waals surface area contributed by atoms with Crippen molar-refractivity contribution in [3.63, 3.8) is 0 Å². The van der Waals surface area contributed by atoms with Crippen molar-refractivity contribution in [2.75, 3.05) is 31.4 Å². The van der Waals surface area contributed by atoms with Gasteiger partial charge in [-0.2, -0.15) is 0 Å². The van der Waals surface area contributed by atoms with Crippen LogP contribution in [0.2, 0.25) is 0 Å². The number of nitrogens with one attached hydrogen (secondary N) is 1. The summed E-state index contributed by atoms with van der Waals surface area (Å²) in [4.78, 5) is 15.8. The fraction of sp³-hybridized carbons (Fsp3) is 0.538. The van der Waals surface area contributed by atoms with Crippen LogP contribution in [0.25, 0.3) is 0 Å². The third-order valence-corrected chi connectivity index (χ3v) is 3.20. The van der Waals surface area contributed by atoms with Crippen molar-refractivity contribution >= 4 is 17.5 Å². The van der Waals surface area contributed by atoms with Gasteiger partial charge in [-0.3, -0.25) is 0 Å². The van der Waals surface area contributed by atoms with E-state index in [1.807, 2.05) is 0 Å². The van der Waals surface area contributed by atoms with Crippen LogP contribution in [0, 0.1) is 0 Å². The minimum atomic E-state index is -0.433. The number of esters is 1. The van der Waals surface area contributed by atoms with Crippen LogP contribution < -0.4 is 11.1 Å². The minimum Gasteiger partial charge on any atom is -0.465 e. The molecule has 0 aromatic carbocycles. The minimum absolute atomic E-state index is 0.210. The molecule has 0 saturated carbocycles. The maximum atomic E-state index is 11.8. The molecule has 0 radical (unpaired) electrons. The second kappa shape index (κ2) is 5.44. The summed E-state index contributed by atoms with van der Waals surface area (Å²) >= 11 is 0. The first-order valence-electron chi connectivity index (χ1n) is 6.24. The van der Waals surface area contributed by atoms with Crippen LogP contribution >= 0.6 is 0 Å². The summed E-state index contributed by atoms with van der Waals surface area (Å²) < 4.78 is 10.2. The average molecular weight is 265 g/mol. The van der Waals surface area contributed by atoms with Crippen LogP contribution in [0.15, 0.2) is 12.3 Å². The van der Waals surface area contributed by atoms with E-state index in [0.717, 1.165) is 19.4 Å². The molecular formula is C13H19N3O3. The molecule has 6 nitrogen and oxygen atoms in total. The lowest BCUT2D eigenvalue weighted by atomic mass is 9.94. The predicted octanol–water partition coefficient (Wildman–Crippen LogP) is 1.43. The van der Waals surface area contributed by atoms with Crippen molar-refractivity contribution in [1.82, 2.24) is 4.98 Å². The topological polar surface area (TPSA) is 86.5 Å². The molecule has 1 aromatic rings. The largest absolute Gasteiger partial charge is 0.465 e. The van der Waals surface area contributed by atoms with Gasteiger partial charge >= 0.3 is 5.97 Å². The molecule has 1 atom stereocenters. The van der Waals surface area contributed by atoms with Gasteiger partial charge in [0.05, 0.1) is 36.7 Å². The lowest BCUT2D eigenvalue weighted by Crippen LogP contribution is -2.43. The Hall–Kier alpha value is -1.82. The molecular weight excluding hydrogens is 246 g/mol. The van der Waals surface area contributed by atoms with Crippen LogP contribution in [-0.2, 0) is 9.47 Å². The number of ether oxygens (including phenoxy) is 2. The van der Waals surface area contributed by atoms with E-state index in [1.165, 1.54) is 13.2 Å². The highest BCUT2D eigenvalue weighted by atomic mass is 16.5. The van der Waals surface area contributed by atoms with Gasteiger partial charge in [0.1, 0.15) is 5.82 Å². The number of methoxy groups -OCH3 is 1. The SMILES string of the molecule is COC(=O)c1cc(N)ncc1NC1(C)CCCOC1. The predicted molar refractivity (Wildman–Crippen MR) is 72.1 cm³/mol. The zero-order valence-electron chi connectivity index (χ0n) is 11.2. The normalized spacial score (nSPS) is 22.8. The highest BCUT2D eigenvalue weighted by Gasteiger charge is 2.29. The van der Waals surface area contributed by atoms with E-state index in [1.54, 1.807) is 6.20 Å². The van der Waals surface area contributed by atoms with Gasteiger partial charge in [-0.1, -0.05) is 0 Å². The molecule has 19 heavy (non-hydrogen) atoms. The number of rotatable bonds is 3. The van der Waals surface area contributed by atoms with Gasteiger partial charge in [-0.05, 0) is 25.8 Å². The molecule has 2 rings (SSSR count). The Morgan fingerprint density at radius 1 is 1.63 bits per heavy atom. The first kappa shape index (κ1) is 13.6. The highest BCUT2D eigenvalue weighted by molar-refractivity contribution is 5.96. The number of nitrogens with two attached hydrogens (primary N) is 1. The monoisotopic (exact) mass is 265 g/mol. The number of nitrogens with zero attached hydrogens (tertiary/aromatic N) is 1. The van der Waals surface area contributed by atoms with Gasteiger partial charge in [-0.25, -0.2) is 9.78 Å². The molecule has 1 saturated heterocycles. The van der Waals surface area contributed by atoms with Crippen molar-refractivity contribution in [2.45, 2.75) is 25.3 Å². The van der Waals surface area contributed by atoms with Crippen molar-refractivity contribution in [1.29, 1.82) is 0 Å². The van der Waals surface area contributed by atoms with E-state index in [9.17, 15) is 4.79 Å². The molecule has 2 heterocycles. The number of carbonyl (C=O) groups is 1. The fourth-order valence-corrected chi connectivity index (χ4v) is 2.21. The van der Waals surface area contributed by atoms with E-state index in [0.29, 0.717) is 17.9 Å². The molecule has 1 aliphatic heterocycles. The second-order valence-electron chi connectivity index (χ2n) is 4.99. The first-order valence-corrected chi connectivity index (χ1v) is 6.24. The molecule has 1 aliphatic rings. The van der Waals surface area contributed by atoms with Gasteiger partial charge in [0, 0.05) is 6.61 Å². The van der Waals surface area contributed by atoms with Gasteiger partial charge < -0.3 is 20.5 Å². The quantitative estimate of drug-likeness (QED) is 0.804. The summed E-state index contributed by atoms with van der Waals surface area (Å²) in [5.41, 5.74) is 6.42. The van der Waals surface area contributed by atoms with Crippen molar-refractivity contribution in [3.8, 4) is 0 Å². The van der Waals surface area contributed by atoms with Gasteiger partial charge in [0.25, 0.3) is 0 Å². The van der Waals surface area contributed by atoms with Crippen molar-refractivity contribution in [2.24, 2.45) is 0 Å². The van der Waals surface area contributed by atoms with Crippen LogP contribution in [0.4, 0.5) is 11.5 Å². The zero-order valence-corrected chi connectivity index (χ0v) is 11.2. The summed E-state index contributed by atoms with van der Waals surface area (Å²) in [7, 11) is 1.34. The van der Waals surface area contributed by atoms with Crippen LogP contribution in [0.5, 0.6) is 0 Å². The molecule has 1 fully saturated rings. The van der Waals surface area contributed by atoms with E-state index in [-0.39, 0.29) is 11.4 Å². The van der Waals surface area contributed by atoms with Crippen LogP contribution in [0.3, 0.4) is 0 Å². The number of anilines is 2. The average Bonchev–Trinajstić information content (AvgIpc) is 2.40. The summed E-state index contributed by atoms with van der Waals surface area (Å²) in [5.74, 6) is -0.145. The number of hydrogen-bond acceptors (Lipinski definition) is 6. The Labute approximate surface area is 112 Å². The number of pyridine rings is 1. The van der Waals surface area contributed by atoms with E-state index < -0.39 is 5.97 Å². The zero-order chi connectivity index (χ0) is 13.9. The Morgan fingerprint density at radius 2 is 2.42 bits per heavy atom. The Kier molecular flexibility index (Phi) is 3.90. The molecule has 104 valence electrons. The molecule has 6 heteroatoms. The lowest BCUT2D eigenvalue weighted by molar-refractivity contribution is 0.0535. The number of carbonyl (C=O) groups excluding carboxylic acids is 1. The van der Waals surface area contributed by atoms with Gasteiger partial charge in [-0.15, -0.1) is 0 Å². The molecule has 0 bridgehead atoms. The molecule has 0 aliphatic carbocycles. The smallest absolute Gasteiger partial charge is 0.340 e. The van der Waals surface area contributed by atoms with Gasteiger partial charge in [0.2, 0.25) is 0 Å². The number of nitrogen functional groups attached to an aromatic ring is 1. The summed E-state index contributed by atoms with van der Waals surface area (Å²) in [6, 6.07) is 1.52. The van der Waals surface area contributed by atoms with E-state index >= 15 is 0 Å². The summed E-state index contributed by atoms with van der Waals surface area (Å²) in [5, 5.41) is 3.32. The van der Waals surface area contributed by atoms with Gasteiger partial charge in [0.15, 0.2) is 0 Å². The Morgan fingerprint density at radius 3 is 3.05 bits per heavy atom. The van der Waals surface area contributed by atoms with Crippen LogP contribution in [0.1, 0.15) is 30.1 Å². The number of aromatic nitrogens is 1. The Balaban J connectivity index is 2.26. The molecule has 0 amide bonds. The van der Waals surface area contributed by atoms with E-state index in [2.05, 4.69) is 17.2 Å². The fourth-order valence-electron chi connectivity index (χ4n) is 2.21. The maximum Gasteiger partial charge on any atom is 0.340 e. The van der Waals surface area contributed by atoms with E-state index in [4.69, 9.17) is 15.2 Å². The summed E-state index contributed by atoms with van der Waals surface area (Å²) in [6.45, 7) is 3.43. The standard InChI is InChI=1S/C13H19N3O3/c1-13(4-3-5-19-8-13)16-10-7-15-11(14)6-9(10)12(17)18-2/h6-7,16H,3-5,8H2,1-2H3,(H2,14,15). The van der Waals surface area contributed by atoms with Crippen molar-refractivity contribution in [3.05, 3.63) is 17.8 Å². The second-order valence-corrected chi connectivity index (χ2v) is 4.99. The third kappa shape index (κ3) is 3.14. The number of hydrogen-bond donors (Lipinski definition) is 2. The Bertz CT molecular complexity index is 470. The third-order valence-electron chi connectivity index (χ3n) is 3.20. The highest BCUT2D eigenvalue weighted by Crippen LogP contribution is 2.27. The molecule has 1 unspecified atom stereocenters. The summed E-state index contributed by atoms with van der Waals surface area (Å²) in [6.07, 6.45) is 3.51. The molecule has 3 N–H and O–H groups in total.